The van der Waals surface area contributed by atoms with Crippen LogP contribution in [0.3, 0.4) is 0 Å². The second-order valence-corrected chi connectivity index (χ2v) is 12.2. The van der Waals surface area contributed by atoms with Gasteiger partial charge in [-0.25, -0.2) is 0 Å². The SMILES string of the molecule is CO/N=C(\COCc1cc(C(F)(F)F)cc(C(F)(F)F)c1)C(CCN1CCC(CN2CCOCC2)CC1)c1ccc(Cl)c(Cl)c1. The zero-order valence-electron chi connectivity index (χ0n) is 24.9. The van der Waals surface area contributed by atoms with Crippen molar-refractivity contribution in [3.63, 3.8) is 0 Å². The summed E-state index contributed by atoms with van der Waals surface area (Å²) >= 11 is 12.5. The minimum atomic E-state index is -4.95. The van der Waals surface area contributed by atoms with Crippen molar-refractivity contribution >= 4 is 28.9 Å². The van der Waals surface area contributed by atoms with E-state index in [9.17, 15) is 26.3 Å². The molecule has 2 saturated heterocycles. The van der Waals surface area contributed by atoms with Crippen LogP contribution in [0.4, 0.5) is 26.3 Å². The van der Waals surface area contributed by atoms with Gasteiger partial charge in [-0.3, -0.25) is 4.90 Å². The molecule has 0 amide bonds. The number of alkyl halides is 6. The van der Waals surface area contributed by atoms with E-state index in [1.807, 2.05) is 0 Å². The maximum absolute atomic E-state index is 13.3. The molecule has 250 valence electrons. The van der Waals surface area contributed by atoms with Crippen LogP contribution in [0.1, 0.15) is 47.4 Å². The van der Waals surface area contributed by atoms with Crippen LogP contribution < -0.4 is 0 Å². The van der Waals surface area contributed by atoms with Crippen LogP contribution in [0.2, 0.25) is 10.0 Å². The highest BCUT2D eigenvalue weighted by Crippen LogP contribution is 2.37. The average Bonchev–Trinajstić information content (AvgIpc) is 2.99. The van der Waals surface area contributed by atoms with Crippen molar-refractivity contribution in [3.8, 4) is 0 Å². The lowest BCUT2D eigenvalue weighted by Gasteiger charge is -2.36. The number of likely N-dealkylation sites (tertiary alicyclic amines) is 1. The number of ether oxygens (including phenoxy) is 2. The van der Waals surface area contributed by atoms with E-state index in [-0.39, 0.29) is 24.2 Å². The molecule has 2 heterocycles. The fourth-order valence-corrected chi connectivity index (χ4v) is 6.10. The van der Waals surface area contributed by atoms with Crippen LogP contribution in [0.15, 0.2) is 41.6 Å². The van der Waals surface area contributed by atoms with Gasteiger partial charge in [-0.15, -0.1) is 0 Å². The Morgan fingerprint density at radius 3 is 2.13 bits per heavy atom. The van der Waals surface area contributed by atoms with Gasteiger partial charge in [0.15, 0.2) is 0 Å². The van der Waals surface area contributed by atoms with E-state index in [0.29, 0.717) is 40.2 Å². The molecular weight excluding hydrogens is 647 g/mol. The largest absolute Gasteiger partial charge is 0.416 e. The third kappa shape index (κ3) is 10.7. The summed E-state index contributed by atoms with van der Waals surface area (Å²) in [6.07, 6.45) is -7.15. The third-order valence-corrected chi connectivity index (χ3v) is 8.92. The van der Waals surface area contributed by atoms with Gasteiger partial charge < -0.3 is 19.2 Å². The molecule has 0 radical (unpaired) electrons. The molecule has 0 saturated carbocycles. The molecule has 0 N–H and O–H groups in total. The third-order valence-electron chi connectivity index (χ3n) is 8.18. The highest BCUT2D eigenvalue weighted by molar-refractivity contribution is 6.42. The monoisotopic (exact) mass is 683 g/mol. The second-order valence-electron chi connectivity index (χ2n) is 11.4. The number of nitrogens with zero attached hydrogens (tertiary/aromatic N) is 3. The number of benzene rings is 2. The zero-order chi connectivity index (χ0) is 32.6. The quantitative estimate of drug-likeness (QED) is 0.130. The van der Waals surface area contributed by atoms with E-state index in [4.69, 9.17) is 37.5 Å². The van der Waals surface area contributed by atoms with Gasteiger partial charge in [-0.2, -0.15) is 26.3 Å². The Hall–Kier alpha value is -2.09. The van der Waals surface area contributed by atoms with Crippen molar-refractivity contribution < 1.29 is 40.7 Å². The van der Waals surface area contributed by atoms with Crippen molar-refractivity contribution in [3.05, 3.63) is 68.7 Å². The molecule has 0 spiro atoms. The van der Waals surface area contributed by atoms with Crippen LogP contribution in [-0.4, -0.2) is 81.7 Å². The molecule has 2 aliphatic rings. The Labute approximate surface area is 269 Å². The average molecular weight is 685 g/mol. The molecule has 2 fully saturated rings. The first-order valence-electron chi connectivity index (χ1n) is 14.8. The fourth-order valence-electron chi connectivity index (χ4n) is 5.79. The summed E-state index contributed by atoms with van der Waals surface area (Å²) in [6, 6.07) is 6.59. The molecule has 1 atom stereocenters. The number of morpholine rings is 1. The number of piperidine rings is 1. The van der Waals surface area contributed by atoms with Gasteiger partial charge in [-0.05, 0) is 86.3 Å². The number of hydrogen-bond donors (Lipinski definition) is 0. The predicted octanol–water partition coefficient (Wildman–Crippen LogP) is 7.77. The maximum Gasteiger partial charge on any atom is 0.416 e. The minimum Gasteiger partial charge on any atom is -0.399 e. The lowest BCUT2D eigenvalue weighted by Crippen LogP contribution is -2.43. The summed E-state index contributed by atoms with van der Waals surface area (Å²) < 4.78 is 91.1. The molecular formula is C31H37Cl2F6N3O3. The predicted molar refractivity (Wildman–Crippen MR) is 161 cm³/mol. The molecule has 4 rings (SSSR count). The molecule has 45 heavy (non-hydrogen) atoms. The summed E-state index contributed by atoms with van der Waals surface area (Å²) in [5.74, 6) is 0.260. The Bertz CT molecular complexity index is 1250. The van der Waals surface area contributed by atoms with Gasteiger partial charge in [-0.1, -0.05) is 34.4 Å². The van der Waals surface area contributed by atoms with E-state index in [1.54, 1.807) is 18.2 Å². The van der Waals surface area contributed by atoms with Crippen LogP contribution in [-0.2, 0) is 33.3 Å². The molecule has 1 unspecified atom stereocenters. The van der Waals surface area contributed by atoms with Crippen LogP contribution in [0, 0.1) is 5.92 Å². The van der Waals surface area contributed by atoms with Crippen molar-refractivity contribution in [1.29, 1.82) is 0 Å². The zero-order valence-corrected chi connectivity index (χ0v) is 26.4. The van der Waals surface area contributed by atoms with E-state index in [2.05, 4.69) is 15.0 Å². The molecule has 2 aliphatic heterocycles. The number of oxime groups is 1. The van der Waals surface area contributed by atoms with Crippen LogP contribution in [0.25, 0.3) is 0 Å². The maximum atomic E-state index is 13.3. The van der Waals surface area contributed by atoms with Gasteiger partial charge in [0.05, 0.1) is 53.3 Å². The summed E-state index contributed by atoms with van der Waals surface area (Å²) in [5.41, 5.74) is -1.86. The van der Waals surface area contributed by atoms with Crippen molar-refractivity contribution in [2.75, 3.05) is 66.2 Å². The highest BCUT2D eigenvalue weighted by atomic mass is 35.5. The second kappa shape index (κ2) is 16.1. The molecule has 2 aromatic carbocycles. The molecule has 0 aromatic heterocycles. The lowest BCUT2D eigenvalue weighted by atomic mass is 9.90. The number of hydrogen-bond acceptors (Lipinski definition) is 6. The minimum absolute atomic E-state index is 0.0903. The van der Waals surface area contributed by atoms with Gasteiger partial charge in [0.1, 0.15) is 7.11 Å². The van der Waals surface area contributed by atoms with Gasteiger partial charge in [0, 0.05) is 25.6 Å². The standard InChI is InChI=1S/C31H37Cl2F6N3O3/c1-43-40-29(20-45-19-22-14-24(30(34,35)36)17-25(15-22)31(37,38)39)26(23-2-3-27(32)28(33)16-23)6-9-41-7-4-21(5-8-41)18-42-10-12-44-13-11-42/h2-3,14-17,21,26H,4-13,18-20H2,1H3/b40-29+. The summed E-state index contributed by atoms with van der Waals surface area (Å²) in [7, 11) is 1.35. The van der Waals surface area contributed by atoms with Crippen molar-refractivity contribution in [2.45, 2.75) is 44.1 Å². The first-order chi connectivity index (χ1) is 21.3. The molecule has 14 heteroatoms. The first-order valence-corrected chi connectivity index (χ1v) is 15.5. The van der Waals surface area contributed by atoms with Gasteiger partial charge in [0.25, 0.3) is 0 Å². The number of halogens is 8. The molecule has 2 aromatic rings. The van der Waals surface area contributed by atoms with Crippen molar-refractivity contribution in [2.24, 2.45) is 11.1 Å². The summed E-state index contributed by atoms with van der Waals surface area (Å²) in [5, 5.41) is 4.87. The molecule has 0 aliphatic carbocycles. The van der Waals surface area contributed by atoms with E-state index < -0.39 is 30.1 Å². The lowest BCUT2D eigenvalue weighted by molar-refractivity contribution is -0.143. The summed E-state index contributed by atoms with van der Waals surface area (Å²) in [4.78, 5) is 9.93. The Kier molecular flexibility index (Phi) is 12.8. The smallest absolute Gasteiger partial charge is 0.399 e. The van der Waals surface area contributed by atoms with Crippen LogP contribution >= 0.6 is 23.2 Å². The summed E-state index contributed by atoms with van der Waals surface area (Å²) in [6.45, 7) is 6.46. The van der Waals surface area contributed by atoms with Crippen LogP contribution in [0.5, 0.6) is 0 Å². The van der Waals surface area contributed by atoms with E-state index in [1.165, 1.54) is 7.11 Å². The van der Waals surface area contributed by atoms with Gasteiger partial charge >= 0.3 is 12.4 Å². The Balaban J connectivity index is 1.44. The Morgan fingerprint density at radius 2 is 1.56 bits per heavy atom. The fraction of sp³-hybridized carbons (Fsp3) is 0.581. The topological polar surface area (TPSA) is 46.5 Å². The molecule has 0 bridgehead atoms. The normalized spacial score (nSPS) is 18.7. The first kappa shape index (κ1) is 35.8. The van der Waals surface area contributed by atoms with Gasteiger partial charge in [0.2, 0.25) is 0 Å². The van der Waals surface area contributed by atoms with E-state index >= 15 is 0 Å². The number of rotatable bonds is 12. The van der Waals surface area contributed by atoms with Crippen molar-refractivity contribution in [1.82, 2.24) is 9.80 Å². The highest BCUT2D eigenvalue weighted by Gasteiger charge is 2.37. The molecule has 6 nitrogen and oxygen atoms in total. The Morgan fingerprint density at radius 1 is 0.911 bits per heavy atom. The van der Waals surface area contributed by atoms with E-state index in [0.717, 1.165) is 70.9 Å².